The van der Waals surface area contributed by atoms with Crippen LogP contribution in [0.2, 0.25) is 15.2 Å². The molecule has 9 heteroatoms. The molecule has 5 nitrogen and oxygen atoms in total. The van der Waals surface area contributed by atoms with Gasteiger partial charge in [-0.05, 0) is 25.1 Å². The van der Waals surface area contributed by atoms with Crippen LogP contribution in [0.4, 0.5) is 5.82 Å². The average Bonchev–Trinajstić information content (AvgIpc) is 2.36. The van der Waals surface area contributed by atoms with Crippen LogP contribution in [0.25, 0.3) is 0 Å². The smallest absolute Gasteiger partial charge is 0.262 e. The number of rotatable bonds is 3. The molecule has 1 N–H and O–H groups in total. The van der Waals surface area contributed by atoms with Gasteiger partial charge < -0.3 is 0 Å². The van der Waals surface area contributed by atoms with Crippen LogP contribution in [0, 0.1) is 6.92 Å². The van der Waals surface area contributed by atoms with Gasteiger partial charge in [0.15, 0.2) is 5.82 Å². The summed E-state index contributed by atoms with van der Waals surface area (Å²) in [4.78, 5) is 7.68. The summed E-state index contributed by atoms with van der Waals surface area (Å²) in [6.45, 7) is 1.64. The lowest BCUT2D eigenvalue weighted by molar-refractivity contribution is 0.601. The Morgan fingerprint density at radius 2 is 1.85 bits per heavy atom. The van der Waals surface area contributed by atoms with E-state index in [0.29, 0.717) is 10.7 Å². The van der Waals surface area contributed by atoms with Crippen molar-refractivity contribution in [2.24, 2.45) is 0 Å². The van der Waals surface area contributed by atoms with Crippen molar-refractivity contribution >= 4 is 50.6 Å². The van der Waals surface area contributed by atoms with Crippen molar-refractivity contribution in [3.8, 4) is 0 Å². The van der Waals surface area contributed by atoms with Gasteiger partial charge in [0.2, 0.25) is 0 Å². The van der Waals surface area contributed by atoms with Gasteiger partial charge in [-0.3, -0.25) is 4.72 Å². The zero-order valence-corrected chi connectivity index (χ0v) is 13.1. The highest BCUT2D eigenvalue weighted by atomic mass is 35.5. The molecule has 0 aromatic carbocycles. The molecule has 106 valence electrons. The van der Waals surface area contributed by atoms with Crippen molar-refractivity contribution in [3.05, 3.63) is 45.3 Å². The molecule has 2 rings (SSSR count). The molecule has 0 spiro atoms. The van der Waals surface area contributed by atoms with Crippen molar-refractivity contribution in [3.63, 3.8) is 0 Å². The van der Waals surface area contributed by atoms with E-state index in [-0.39, 0.29) is 20.9 Å². The van der Waals surface area contributed by atoms with E-state index in [1.54, 1.807) is 6.92 Å². The maximum absolute atomic E-state index is 12.2. The Balaban J connectivity index is 2.41. The van der Waals surface area contributed by atoms with Crippen LogP contribution < -0.4 is 4.72 Å². The monoisotopic (exact) mass is 351 g/mol. The quantitative estimate of drug-likeness (QED) is 0.858. The van der Waals surface area contributed by atoms with E-state index >= 15 is 0 Å². The molecule has 0 bridgehead atoms. The van der Waals surface area contributed by atoms with E-state index in [1.807, 2.05) is 0 Å². The maximum atomic E-state index is 12.2. The van der Waals surface area contributed by atoms with Crippen molar-refractivity contribution in [2.45, 2.75) is 11.8 Å². The predicted octanol–water partition coefficient (Wildman–Crippen LogP) is 3.55. The minimum atomic E-state index is -3.85. The largest absolute Gasteiger partial charge is 0.263 e. The molecule has 0 amide bonds. The van der Waals surface area contributed by atoms with Gasteiger partial charge in [-0.15, -0.1) is 0 Å². The number of aromatic nitrogens is 2. The fourth-order valence-corrected chi connectivity index (χ4v) is 3.10. The third-order valence-electron chi connectivity index (χ3n) is 2.34. The molecule has 2 aromatic heterocycles. The molecule has 0 radical (unpaired) electrons. The summed E-state index contributed by atoms with van der Waals surface area (Å²) in [5.74, 6) is 0.00139. The number of nitrogens with zero attached hydrogens (tertiary/aromatic N) is 2. The maximum Gasteiger partial charge on any atom is 0.263 e. The van der Waals surface area contributed by atoms with Crippen LogP contribution in [0.15, 0.2) is 29.3 Å². The topological polar surface area (TPSA) is 72.0 Å². The highest BCUT2D eigenvalue weighted by Crippen LogP contribution is 2.27. The highest BCUT2D eigenvalue weighted by molar-refractivity contribution is 7.92. The predicted molar refractivity (Wildman–Crippen MR) is 79.0 cm³/mol. The third-order valence-corrected chi connectivity index (χ3v) is 4.56. The first-order valence-corrected chi connectivity index (χ1v) is 7.88. The molecule has 0 aliphatic heterocycles. The Labute approximate surface area is 131 Å². The Hall–Kier alpha value is -1.08. The summed E-state index contributed by atoms with van der Waals surface area (Å²) in [6, 6.07) is 3.95. The second-order valence-corrected chi connectivity index (χ2v) is 6.69. The van der Waals surface area contributed by atoms with Gasteiger partial charge in [0.25, 0.3) is 10.0 Å². The summed E-state index contributed by atoms with van der Waals surface area (Å²) in [5.41, 5.74) is 0.460. The number of hydrogen-bond acceptors (Lipinski definition) is 4. The minimum Gasteiger partial charge on any atom is -0.262 e. The average molecular weight is 353 g/mol. The normalized spacial score (nSPS) is 11.4. The molecule has 0 fully saturated rings. The lowest BCUT2D eigenvalue weighted by atomic mass is 10.4. The molecule has 0 saturated carbocycles. The molecule has 20 heavy (non-hydrogen) atoms. The Morgan fingerprint density at radius 1 is 1.15 bits per heavy atom. The van der Waals surface area contributed by atoms with Crippen molar-refractivity contribution in [1.29, 1.82) is 0 Å². The van der Waals surface area contributed by atoms with E-state index in [2.05, 4.69) is 14.7 Å². The van der Waals surface area contributed by atoms with E-state index in [9.17, 15) is 8.42 Å². The lowest BCUT2D eigenvalue weighted by Gasteiger charge is -2.10. The van der Waals surface area contributed by atoms with Gasteiger partial charge in [-0.25, -0.2) is 18.4 Å². The van der Waals surface area contributed by atoms with Crippen molar-refractivity contribution < 1.29 is 8.42 Å². The number of sulfonamides is 1. The van der Waals surface area contributed by atoms with Crippen LogP contribution in [-0.2, 0) is 10.0 Å². The van der Waals surface area contributed by atoms with Gasteiger partial charge >= 0.3 is 0 Å². The first-order valence-electron chi connectivity index (χ1n) is 5.26. The van der Waals surface area contributed by atoms with E-state index in [0.717, 1.165) is 0 Å². The van der Waals surface area contributed by atoms with E-state index in [4.69, 9.17) is 34.8 Å². The van der Waals surface area contributed by atoms with Crippen LogP contribution in [0.5, 0.6) is 0 Å². The second-order valence-electron chi connectivity index (χ2n) is 3.81. The highest BCUT2D eigenvalue weighted by Gasteiger charge is 2.18. The number of halogens is 3. The minimum absolute atomic E-state index is 0.00139. The Bertz CT molecular complexity index is 766. The number of anilines is 1. The lowest BCUT2D eigenvalue weighted by Crippen LogP contribution is -2.14. The summed E-state index contributed by atoms with van der Waals surface area (Å²) < 4.78 is 26.6. The number of pyridine rings is 2. The van der Waals surface area contributed by atoms with Crippen LogP contribution >= 0.6 is 34.8 Å². The first-order chi connectivity index (χ1) is 9.29. The molecule has 2 aromatic rings. The fourth-order valence-electron chi connectivity index (χ4n) is 1.37. The molecule has 0 unspecified atom stereocenters. The van der Waals surface area contributed by atoms with Crippen LogP contribution in [0.1, 0.15) is 5.69 Å². The molecular formula is C11H8Cl3N3O2S. The third kappa shape index (κ3) is 3.32. The van der Waals surface area contributed by atoms with Gasteiger partial charge in [-0.2, -0.15) is 0 Å². The zero-order chi connectivity index (χ0) is 14.9. The van der Waals surface area contributed by atoms with Gasteiger partial charge in [0, 0.05) is 6.20 Å². The second kappa shape index (κ2) is 5.73. The molecule has 0 atom stereocenters. The number of aryl methyl sites for hydroxylation is 1. The Morgan fingerprint density at radius 3 is 2.50 bits per heavy atom. The van der Waals surface area contributed by atoms with Gasteiger partial charge in [-0.1, -0.05) is 34.8 Å². The van der Waals surface area contributed by atoms with Crippen LogP contribution in [-0.4, -0.2) is 18.4 Å². The standard InChI is InChI=1S/C11H8Cl3N3O2S/c1-6-8(12)5-9(13)11(16-6)17-20(18,19)7-2-3-15-10(14)4-7/h2-5H,1H3,(H,16,17). The van der Waals surface area contributed by atoms with Crippen molar-refractivity contribution in [2.75, 3.05) is 4.72 Å². The number of hydrogen-bond donors (Lipinski definition) is 1. The summed E-state index contributed by atoms with van der Waals surface area (Å²) in [5, 5.41) is 0.522. The summed E-state index contributed by atoms with van der Waals surface area (Å²) in [7, 11) is -3.85. The molecular weight excluding hydrogens is 345 g/mol. The fraction of sp³-hybridized carbons (Fsp3) is 0.0909. The van der Waals surface area contributed by atoms with E-state index in [1.165, 1.54) is 24.4 Å². The van der Waals surface area contributed by atoms with Gasteiger partial charge in [0.1, 0.15) is 5.15 Å². The molecule has 2 heterocycles. The Kier molecular flexibility index (Phi) is 4.39. The zero-order valence-electron chi connectivity index (χ0n) is 10.1. The van der Waals surface area contributed by atoms with Crippen LogP contribution in [0.3, 0.4) is 0 Å². The summed E-state index contributed by atoms with van der Waals surface area (Å²) in [6.07, 6.45) is 1.29. The SMILES string of the molecule is Cc1nc(NS(=O)(=O)c2ccnc(Cl)c2)c(Cl)cc1Cl. The first kappa shape index (κ1) is 15.3. The number of nitrogens with one attached hydrogen (secondary N) is 1. The molecule has 0 aliphatic carbocycles. The summed E-state index contributed by atoms with van der Waals surface area (Å²) >= 11 is 17.4. The van der Waals surface area contributed by atoms with Gasteiger partial charge in [0.05, 0.1) is 20.6 Å². The molecule has 0 saturated heterocycles. The van der Waals surface area contributed by atoms with E-state index < -0.39 is 10.0 Å². The van der Waals surface area contributed by atoms with Crippen molar-refractivity contribution in [1.82, 2.24) is 9.97 Å². The molecule has 0 aliphatic rings.